The summed E-state index contributed by atoms with van der Waals surface area (Å²) in [4.78, 5) is 19.2. The summed E-state index contributed by atoms with van der Waals surface area (Å²) in [5.41, 5.74) is 2.02. The number of rotatable bonds is 6. The number of hydroxylamine groups is 2. The second-order valence-corrected chi connectivity index (χ2v) is 5.62. The molecule has 0 heterocycles. The van der Waals surface area contributed by atoms with Gasteiger partial charge in [-0.15, -0.1) is 0 Å². The lowest BCUT2D eigenvalue weighted by atomic mass is 10.1. The molecule has 0 unspecified atom stereocenters. The van der Waals surface area contributed by atoms with Crippen molar-refractivity contribution in [3.05, 3.63) is 65.2 Å². The third-order valence-electron chi connectivity index (χ3n) is 3.58. The van der Waals surface area contributed by atoms with Crippen LogP contribution in [0, 0.1) is 0 Å². The summed E-state index contributed by atoms with van der Waals surface area (Å²) in [5.74, 6) is 0. The molecule has 5 heteroatoms. The maximum Gasteiger partial charge on any atom is 0.348 e. The van der Waals surface area contributed by atoms with Gasteiger partial charge in [0.25, 0.3) is 0 Å². The molecule has 0 aliphatic rings. The maximum absolute atomic E-state index is 12.5. The van der Waals surface area contributed by atoms with Crippen molar-refractivity contribution in [1.82, 2.24) is 5.06 Å². The van der Waals surface area contributed by atoms with Crippen LogP contribution >= 0.6 is 11.6 Å². The number of carbonyl (C=O) groups is 1. The Labute approximate surface area is 142 Å². The van der Waals surface area contributed by atoms with Crippen molar-refractivity contribution in [2.45, 2.75) is 12.8 Å². The van der Waals surface area contributed by atoms with Crippen molar-refractivity contribution in [1.29, 1.82) is 0 Å². The molecule has 0 aliphatic carbocycles. The summed E-state index contributed by atoms with van der Waals surface area (Å²) >= 11 is 6.01. The average Bonchev–Trinajstić information content (AvgIpc) is 2.58. The lowest BCUT2D eigenvalue weighted by Crippen LogP contribution is -2.41. The molecular formula is C18H21ClN2O2. The van der Waals surface area contributed by atoms with Crippen LogP contribution in [0.4, 0.5) is 10.5 Å². The second kappa shape index (κ2) is 8.56. The van der Waals surface area contributed by atoms with E-state index in [0.717, 1.165) is 29.1 Å². The third kappa shape index (κ3) is 4.98. The number of para-hydroxylation sites is 1. The maximum atomic E-state index is 12.5. The van der Waals surface area contributed by atoms with Crippen LogP contribution < -0.4 is 4.90 Å². The smallest absolute Gasteiger partial charge is 0.293 e. The van der Waals surface area contributed by atoms with Crippen molar-refractivity contribution >= 4 is 23.3 Å². The van der Waals surface area contributed by atoms with Gasteiger partial charge in [-0.2, -0.15) is 0 Å². The first-order valence-electron chi connectivity index (χ1n) is 7.50. The van der Waals surface area contributed by atoms with E-state index in [2.05, 4.69) is 0 Å². The Morgan fingerprint density at radius 2 is 1.87 bits per heavy atom. The van der Waals surface area contributed by atoms with Crippen molar-refractivity contribution in [3.8, 4) is 0 Å². The molecule has 0 N–H and O–H groups in total. The van der Waals surface area contributed by atoms with Gasteiger partial charge in [0, 0.05) is 24.3 Å². The van der Waals surface area contributed by atoms with Crippen molar-refractivity contribution in [3.63, 3.8) is 0 Å². The average molecular weight is 333 g/mol. The first-order valence-corrected chi connectivity index (χ1v) is 7.88. The molecule has 0 aromatic heterocycles. The number of benzene rings is 2. The number of halogens is 1. The number of hydrogen-bond donors (Lipinski definition) is 0. The fourth-order valence-corrected chi connectivity index (χ4v) is 2.54. The fourth-order valence-electron chi connectivity index (χ4n) is 2.32. The summed E-state index contributed by atoms with van der Waals surface area (Å²) in [5, 5.41) is 1.96. The van der Waals surface area contributed by atoms with Crippen LogP contribution in [0.15, 0.2) is 54.6 Å². The highest BCUT2D eigenvalue weighted by Crippen LogP contribution is 2.17. The van der Waals surface area contributed by atoms with Gasteiger partial charge in [0.1, 0.15) is 0 Å². The van der Waals surface area contributed by atoms with Crippen LogP contribution in [0.3, 0.4) is 0 Å². The van der Waals surface area contributed by atoms with Crippen molar-refractivity contribution < 1.29 is 9.63 Å². The van der Waals surface area contributed by atoms with Gasteiger partial charge in [0.2, 0.25) is 0 Å². The van der Waals surface area contributed by atoms with E-state index in [0.29, 0.717) is 6.54 Å². The molecule has 2 aromatic carbocycles. The highest BCUT2D eigenvalue weighted by molar-refractivity contribution is 6.30. The zero-order valence-corrected chi connectivity index (χ0v) is 14.2. The van der Waals surface area contributed by atoms with Crippen LogP contribution in [0.2, 0.25) is 5.02 Å². The molecule has 0 spiro atoms. The molecule has 0 saturated carbocycles. The third-order valence-corrected chi connectivity index (χ3v) is 3.81. The van der Waals surface area contributed by atoms with Gasteiger partial charge in [-0.1, -0.05) is 41.9 Å². The zero-order valence-electron chi connectivity index (χ0n) is 13.4. The van der Waals surface area contributed by atoms with Crippen LogP contribution in [0.5, 0.6) is 0 Å². The number of carbonyl (C=O) groups excluding carboxylic acids is 1. The largest absolute Gasteiger partial charge is 0.348 e. The Morgan fingerprint density at radius 1 is 1.13 bits per heavy atom. The summed E-state index contributed by atoms with van der Waals surface area (Å²) in [6.07, 6.45) is 1.69. The lowest BCUT2D eigenvalue weighted by molar-refractivity contribution is -0.0622. The Bertz CT molecular complexity index is 634. The lowest BCUT2D eigenvalue weighted by Gasteiger charge is -2.27. The highest BCUT2D eigenvalue weighted by Gasteiger charge is 2.19. The Balaban J connectivity index is 2.04. The van der Waals surface area contributed by atoms with Gasteiger partial charge in [-0.3, -0.25) is 9.74 Å². The van der Waals surface area contributed by atoms with E-state index < -0.39 is 0 Å². The monoisotopic (exact) mass is 332 g/mol. The molecule has 2 aromatic rings. The normalized spacial score (nSPS) is 10.4. The molecule has 0 atom stereocenters. The minimum Gasteiger partial charge on any atom is -0.293 e. The number of anilines is 1. The van der Waals surface area contributed by atoms with Crippen LogP contribution in [0.1, 0.15) is 12.0 Å². The molecule has 2 rings (SSSR count). The molecule has 0 fully saturated rings. The van der Waals surface area contributed by atoms with E-state index in [1.807, 2.05) is 54.6 Å². The highest BCUT2D eigenvalue weighted by atomic mass is 35.5. The van der Waals surface area contributed by atoms with Crippen LogP contribution in [0.25, 0.3) is 0 Å². The Kier molecular flexibility index (Phi) is 6.44. The first kappa shape index (κ1) is 17.3. The summed E-state index contributed by atoms with van der Waals surface area (Å²) in [6.45, 7) is 0.600. The molecule has 23 heavy (non-hydrogen) atoms. The van der Waals surface area contributed by atoms with E-state index >= 15 is 0 Å². The molecule has 4 nitrogen and oxygen atoms in total. The van der Waals surface area contributed by atoms with E-state index in [4.69, 9.17) is 16.4 Å². The van der Waals surface area contributed by atoms with Crippen LogP contribution in [-0.4, -0.2) is 31.8 Å². The first-order chi connectivity index (χ1) is 11.1. The number of urea groups is 1. The molecule has 0 aliphatic heterocycles. The van der Waals surface area contributed by atoms with Gasteiger partial charge in [0.15, 0.2) is 0 Å². The van der Waals surface area contributed by atoms with Gasteiger partial charge < -0.3 is 0 Å². The predicted octanol–water partition coefficient (Wildman–Crippen LogP) is 4.39. The van der Waals surface area contributed by atoms with E-state index in [1.54, 1.807) is 11.9 Å². The summed E-state index contributed by atoms with van der Waals surface area (Å²) in [7, 11) is 3.09. The number of hydrogen-bond acceptors (Lipinski definition) is 2. The molecule has 0 radical (unpaired) electrons. The van der Waals surface area contributed by atoms with Crippen molar-refractivity contribution in [2.75, 3.05) is 25.6 Å². The SMILES string of the molecule is CON(C)C(=O)N(CCCc1cccc(Cl)c1)c1ccccc1. The van der Waals surface area contributed by atoms with Gasteiger partial charge in [-0.25, -0.2) is 9.86 Å². The van der Waals surface area contributed by atoms with Gasteiger partial charge in [0.05, 0.1) is 7.11 Å². The Hall–Kier alpha value is -2.04. The van der Waals surface area contributed by atoms with Crippen molar-refractivity contribution in [2.24, 2.45) is 0 Å². The number of aryl methyl sites for hydroxylation is 1. The molecule has 122 valence electrons. The minimum absolute atomic E-state index is 0.190. The second-order valence-electron chi connectivity index (χ2n) is 5.18. The van der Waals surface area contributed by atoms with Crippen LogP contribution in [-0.2, 0) is 11.3 Å². The van der Waals surface area contributed by atoms with Gasteiger partial charge in [-0.05, 0) is 42.7 Å². The fraction of sp³-hybridized carbons (Fsp3) is 0.278. The minimum atomic E-state index is -0.190. The zero-order chi connectivity index (χ0) is 16.7. The number of nitrogens with zero attached hydrogens (tertiary/aromatic N) is 2. The standard InChI is InChI=1S/C18H21ClN2O2/c1-20(23-2)18(22)21(17-11-4-3-5-12-17)13-7-9-15-8-6-10-16(19)14-15/h3-6,8,10-12,14H,7,9,13H2,1-2H3. The Morgan fingerprint density at radius 3 is 2.52 bits per heavy atom. The summed E-state index contributed by atoms with van der Waals surface area (Å²) in [6, 6.07) is 17.2. The molecule has 0 bridgehead atoms. The number of amides is 2. The summed E-state index contributed by atoms with van der Waals surface area (Å²) < 4.78 is 0. The van der Waals surface area contributed by atoms with E-state index in [-0.39, 0.29) is 6.03 Å². The quantitative estimate of drug-likeness (QED) is 0.735. The van der Waals surface area contributed by atoms with Gasteiger partial charge >= 0.3 is 6.03 Å². The molecular weight excluding hydrogens is 312 g/mol. The van der Waals surface area contributed by atoms with E-state index in [9.17, 15) is 4.79 Å². The predicted molar refractivity (Wildman–Crippen MR) is 93.7 cm³/mol. The molecule has 0 saturated heterocycles. The topological polar surface area (TPSA) is 32.8 Å². The molecule has 2 amide bonds. The van der Waals surface area contributed by atoms with E-state index in [1.165, 1.54) is 12.2 Å².